The fourth-order valence-electron chi connectivity index (χ4n) is 1.70. The molecule has 0 aliphatic carbocycles. The molecule has 0 fully saturated rings. The number of aromatic nitrogens is 2. The van der Waals surface area contributed by atoms with Gasteiger partial charge in [0.05, 0.1) is 6.20 Å². The largest absolute Gasteiger partial charge is 0.439 e. The summed E-state index contributed by atoms with van der Waals surface area (Å²) in [5, 5.41) is 0. The predicted octanol–water partition coefficient (Wildman–Crippen LogP) is 3.64. The van der Waals surface area contributed by atoms with E-state index in [-0.39, 0.29) is 0 Å². The highest BCUT2D eigenvalue weighted by molar-refractivity contribution is 5.49. The summed E-state index contributed by atoms with van der Waals surface area (Å²) in [5.41, 5.74) is 0.838. The van der Waals surface area contributed by atoms with Gasteiger partial charge < -0.3 is 4.42 Å². The van der Waals surface area contributed by atoms with Gasteiger partial charge in [-0.15, -0.1) is 0 Å². The third-order valence-corrected chi connectivity index (χ3v) is 2.58. The number of oxazole rings is 1. The Balaban J connectivity index is 2.20. The Hall–Kier alpha value is -1.64. The molecular formula is C13H16N2O. The van der Waals surface area contributed by atoms with Crippen molar-refractivity contribution in [3.05, 3.63) is 36.5 Å². The summed E-state index contributed by atoms with van der Waals surface area (Å²) >= 11 is 0. The first-order chi connectivity index (χ1) is 7.81. The second kappa shape index (κ2) is 4.92. The maximum absolute atomic E-state index is 5.71. The number of nitrogens with zero attached hydrogens (tertiary/aromatic N) is 2. The second-order valence-corrected chi connectivity index (χ2v) is 3.97. The molecule has 1 atom stereocenters. The lowest BCUT2D eigenvalue weighted by Crippen LogP contribution is -1.91. The van der Waals surface area contributed by atoms with Gasteiger partial charge in [0.25, 0.3) is 0 Å². The van der Waals surface area contributed by atoms with Crippen molar-refractivity contribution in [2.75, 3.05) is 0 Å². The standard InChI is InChI=1S/C13H16N2O/c1-3-6-10(2)13-15-9-12(16-13)11-7-4-5-8-14-11/h4-5,7-10H,3,6H2,1-2H3. The molecule has 0 aromatic carbocycles. The van der Waals surface area contributed by atoms with Gasteiger partial charge in [-0.3, -0.25) is 4.98 Å². The molecule has 0 bridgehead atoms. The van der Waals surface area contributed by atoms with Crippen LogP contribution in [0, 0.1) is 0 Å². The smallest absolute Gasteiger partial charge is 0.197 e. The lowest BCUT2D eigenvalue weighted by Gasteiger charge is -2.03. The molecule has 0 spiro atoms. The maximum atomic E-state index is 5.71. The summed E-state index contributed by atoms with van der Waals surface area (Å²) in [5.74, 6) is 1.93. The number of pyridine rings is 1. The molecule has 2 aromatic rings. The zero-order valence-corrected chi connectivity index (χ0v) is 9.68. The van der Waals surface area contributed by atoms with Crippen molar-refractivity contribution >= 4 is 0 Å². The maximum Gasteiger partial charge on any atom is 0.197 e. The monoisotopic (exact) mass is 216 g/mol. The van der Waals surface area contributed by atoms with E-state index < -0.39 is 0 Å². The molecule has 0 saturated carbocycles. The normalized spacial score (nSPS) is 12.6. The zero-order valence-electron chi connectivity index (χ0n) is 9.68. The molecule has 0 aliphatic heterocycles. The molecule has 84 valence electrons. The topological polar surface area (TPSA) is 38.9 Å². The third-order valence-electron chi connectivity index (χ3n) is 2.58. The fraction of sp³-hybridized carbons (Fsp3) is 0.385. The van der Waals surface area contributed by atoms with Crippen LogP contribution in [0.25, 0.3) is 11.5 Å². The average molecular weight is 216 g/mol. The van der Waals surface area contributed by atoms with Gasteiger partial charge in [-0.05, 0) is 18.6 Å². The fourth-order valence-corrected chi connectivity index (χ4v) is 1.70. The molecular weight excluding hydrogens is 200 g/mol. The lowest BCUT2D eigenvalue weighted by molar-refractivity contribution is 0.451. The van der Waals surface area contributed by atoms with Crippen LogP contribution in [0.3, 0.4) is 0 Å². The summed E-state index contributed by atoms with van der Waals surface area (Å²) < 4.78 is 5.71. The van der Waals surface area contributed by atoms with E-state index in [4.69, 9.17) is 4.42 Å². The number of rotatable bonds is 4. The van der Waals surface area contributed by atoms with Crippen molar-refractivity contribution in [2.45, 2.75) is 32.6 Å². The van der Waals surface area contributed by atoms with E-state index >= 15 is 0 Å². The predicted molar refractivity (Wildman–Crippen MR) is 63.1 cm³/mol. The Kier molecular flexibility index (Phi) is 3.34. The minimum Gasteiger partial charge on any atom is -0.439 e. The van der Waals surface area contributed by atoms with Crippen LogP contribution in [0.4, 0.5) is 0 Å². The molecule has 1 unspecified atom stereocenters. The van der Waals surface area contributed by atoms with Gasteiger partial charge in [0, 0.05) is 12.1 Å². The van der Waals surface area contributed by atoms with Crippen LogP contribution in [0.2, 0.25) is 0 Å². The minimum absolute atomic E-state index is 0.377. The summed E-state index contributed by atoms with van der Waals surface area (Å²) in [6.45, 7) is 4.30. The first kappa shape index (κ1) is 10.9. The van der Waals surface area contributed by atoms with E-state index in [2.05, 4.69) is 23.8 Å². The van der Waals surface area contributed by atoms with E-state index in [9.17, 15) is 0 Å². The van der Waals surface area contributed by atoms with Gasteiger partial charge in [0.1, 0.15) is 5.69 Å². The summed E-state index contributed by atoms with van der Waals surface area (Å²) in [4.78, 5) is 8.54. The molecule has 2 aromatic heterocycles. The van der Waals surface area contributed by atoms with E-state index in [1.54, 1.807) is 12.4 Å². The average Bonchev–Trinajstić information content (AvgIpc) is 2.80. The van der Waals surface area contributed by atoms with E-state index in [0.29, 0.717) is 5.92 Å². The molecule has 16 heavy (non-hydrogen) atoms. The van der Waals surface area contributed by atoms with Gasteiger partial charge in [-0.2, -0.15) is 0 Å². The highest BCUT2D eigenvalue weighted by atomic mass is 16.4. The van der Waals surface area contributed by atoms with Crippen molar-refractivity contribution in [1.82, 2.24) is 9.97 Å². The molecule has 2 heterocycles. The van der Waals surface area contributed by atoms with Crippen molar-refractivity contribution < 1.29 is 4.42 Å². The van der Waals surface area contributed by atoms with Crippen molar-refractivity contribution in [3.8, 4) is 11.5 Å². The summed E-state index contributed by atoms with van der Waals surface area (Å²) in [6, 6.07) is 5.76. The van der Waals surface area contributed by atoms with Crippen LogP contribution in [-0.4, -0.2) is 9.97 Å². The molecule has 0 radical (unpaired) electrons. The van der Waals surface area contributed by atoms with Crippen LogP contribution in [0.1, 0.15) is 38.5 Å². The molecule has 0 amide bonds. The van der Waals surface area contributed by atoms with E-state index in [1.807, 2.05) is 18.2 Å². The quantitative estimate of drug-likeness (QED) is 0.783. The molecule has 0 saturated heterocycles. The Morgan fingerprint density at radius 1 is 1.31 bits per heavy atom. The SMILES string of the molecule is CCCC(C)c1ncc(-c2ccccn2)o1. The Morgan fingerprint density at radius 3 is 2.88 bits per heavy atom. The van der Waals surface area contributed by atoms with E-state index in [1.165, 1.54) is 0 Å². The van der Waals surface area contributed by atoms with Crippen LogP contribution < -0.4 is 0 Å². The summed E-state index contributed by atoms with van der Waals surface area (Å²) in [7, 11) is 0. The van der Waals surface area contributed by atoms with Gasteiger partial charge in [-0.1, -0.05) is 26.3 Å². The van der Waals surface area contributed by atoms with Crippen LogP contribution >= 0.6 is 0 Å². The Labute approximate surface area is 95.5 Å². The number of hydrogen-bond acceptors (Lipinski definition) is 3. The molecule has 2 rings (SSSR count). The Morgan fingerprint density at radius 2 is 2.19 bits per heavy atom. The van der Waals surface area contributed by atoms with Crippen LogP contribution in [0.15, 0.2) is 35.0 Å². The van der Waals surface area contributed by atoms with Gasteiger partial charge in [-0.25, -0.2) is 4.98 Å². The van der Waals surface area contributed by atoms with Crippen LogP contribution in [-0.2, 0) is 0 Å². The van der Waals surface area contributed by atoms with Gasteiger partial charge in [0.15, 0.2) is 11.7 Å². The molecule has 3 heteroatoms. The van der Waals surface area contributed by atoms with Crippen molar-refractivity contribution in [3.63, 3.8) is 0 Å². The van der Waals surface area contributed by atoms with Crippen LogP contribution in [0.5, 0.6) is 0 Å². The number of hydrogen-bond donors (Lipinski definition) is 0. The highest BCUT2D eigenvalue weighted by Gasteiger charge is 2.12. The van der Waals surface area contributed by atoms with Crippen molar-refractivity contribution in [2.24, 2.45) is 0 Å². The lowest BCUT2D eigenvalue weighted by atomic mass is 10.1. The minimum atomic E-state index is 0.377. The zero-order chi connectivity index (χ0) is 11.4. The van der Waals surface area contributed by atoms with Crippen molar-refractivity contribution in [1.29, 1.82) is 0 Å². The second-order valence-electron chi connectivity index (χ2n) is 3.97. The highest BCUT2D eigenvalue weighted by Crippen LogP contribution is 2.24. The molecule has 0 N–H and O–H groups in total. The summed E-state index contributed by atoms with van der Waals surface area (Å²) in [6.07, 6.45) is 5.75. The molecule has 0 aliphatic rings. The van der Waals surface area contributed by atoms with Gasteiger partial charge >= 0.3 is 0 Å². The van der Waals surface area contributed by atoms with Gasteiger partial charge in [0.2, 0.25) is 0 Å². The molecule has 3 nitrogen and oxygen atoms in total. The third kappa shape index (κ3) is 2.30. The first-order valence-electron chi connectivity index (χ1n) is 5.68. The van der Waals surface area contributed by atoms with E-state index in [0.717, 1.165) is 30.2 Å². The Bertz CT molecular complexity index is 436. The first-order valence-corrected chi connectivity index (χ1v) is 5.68.